The second kappa shape index (κ2) is 6.73. The molecule has 150 valence electrons. The summed E-state index contributed by atoms with van der Waals surface area (Å²) >= 11 is 5.75. The number of esters is 1. The molecule has 2 fully saturated rings. The zero-order valence-corrected chi connectivity index (χ0v) is 17.3. The summed E-state index contributed by atoms with van der Waals surface area (Å²) in [6.45, 7) is -0.216. The predicted octanol–water partition coefficient (Wildman–Crippen LogP) is 2.05. The number of amides is 2. The quantitative estimate of drug-likeness (QED) is 0.615. The van der Waals surface area contributed by atoms with Gasteiger partial charge in [-0.25, -0.2) is 4.79 Å². The van der Waals surface area contributed by atoms with E-state index >= 15 is 0 Å². The summed E-state index contributed by atoms with van der Waals surface area (Å²) in [6.07, 6.45) is 0. The fourth-order valence-electron chi connectivity index (χ4n) is 4.66. The van der Waals surface area contributed by atoms with Crippen LogP contribution in [0.5, 0.6) is 0 Å². The number of benzene rings is 2. The number of hydrogen-bond donors (Lipinski definition) is 1. The molecule has 2 saturated heterocycles. The van der Waals surface area contributed by atoms with Crippen LogP contribution in [0.3, 0.4) is 0 Å². The maximum absolute atomic E-state index is 13.3. The molecule has 2 aliphatic heterocycles. The first kappa shape index (κ1) is 19.2. The zero-order chi connectivity index (χ0) is 20.8. The van der Waals surface area contributed by atoms with Gasteiger partial charge in [-0.2, -0.15) is 0 Å². The lowest BCUT2D eigenvalue weighted by Crippen LogP contribution is -2.62. The van der Waals surface area contributed by atoms with Crippen molar-refractivity contribution in [3.8, 4) is 0 Å². The third kappa shape index (κ3) is 2.32. The number of carbonyl (C=O) groups is 2. The number of nitrogens with one attached hydrogen (secondary N) is 1. The number of fused-ring (bicyclic) bond motifs is 1. The molecule has 0 bridgehead atoms. The first-order chi connectivity index (χ1) is 13.9. The molecule has 7 nitrogen and oxygen atoms in total. The van der Waals surface area contributed by atoms with Crippen LogP contribution in [0.4, 0.5) is 4.79 Å². The van der Waals surface area contributed by atoms with Crippen LogP contribution in [0.15, 0.2) is 60.7 Å². The summed E-state index contributed by atoms with van der Waals surface area (Å²) in [5.41, 5.74) is -0.432. The van der Waals surface area contributed by atoms with Gasteiger partial charge in [-0.15, -0.1) is 0 Å². The van der Waals surface area contributed by atoms with Gasteiger partial charge in [0.15, 0.2) is 16.4 Å². The monoisotopic (exact) mass is 410 g/mol. The second-order valence-corrected chi connectivity index (χ2v) is 7.47. The van der Waals surface area contributed by atoms with Crippen LogP contribution in [0.25, 0.3) is 0 Å². The van der Waals surface area contributed by atoms with Crippen molar-refractivity contribution in [1.82, 2.24) is 20.0 Å². The lowest BCUT2D eigenvalue weighted by Gasteiger charge is -2.47. The fraction of sp³-hybridized carbons (Fsp3) is 0.286. The third-order valence-corrected chi connectivity index (χ3v) is 6.42. The molecule has 0 aliphatic carbocycles. The van der Waals surface area contributed by atoms with Gasteiger partial charge in [-0.05, 0) is 12.2 Å². The van der Waals surface area contributed by atoms with Crippen molar-refractivity contribution in [2.75, 3.05) is 27.7 Å². The van der Waals surface area contributed by atoms with Gasteiger partial charge in [0.25, 0.3) is 0 Å². The highest BCUT2D eigenvalue weighted by Crippen LogP contribution is 2.56. The highest BCUT2D eigenvalue weighted by molar-refractivity contribution is 7.80. The largest absolute Gasteiger partial charge is 0.468 e. The number of rotatable bonds is 4. The number of hydrogen-bond acceptors (Lipinski definition) is 4. The molecule has 0 radical (unpaired) electrons. The Morgan fingerprint density at radius 3 is 2.10 bits per heavy atom. The van der Waals surface area contributed by atoms with Crippen LogP contribution >= 0.6 is 12.2 Å². The summed E-state index contributed by atoms with van der Waals surface area (Å²) in [4.78, 5) is 30.9. The van der Waals surface area contributed by atoms with Gasteiger partial charge in [0.2, 0.25) is 0 Å². The van der Waals surface area contributed by atoms with E-state index in [0.29, 0.717) is 5.11 Å². The molecular weight excluding hydrogens is 388 g/mol. The molecule has 2 aromatic carbocycles. The van der Waals surface area contributed by atoms with Gasteiger partial charge in [0, 0.05) is 25.2 Å². The van der Waals surface area contributed by atoms with Crippen LogP contribution in [0.2, 0.25) is 0 Å². The van der Waals surface area contributed by atoms with Gasteiger partial charge in [0.05, 0.1) is 7.11 Å². The molecule has 2 atom stereocenters. The normalized spacial score (nSPS) is 25.8. The number of carbonyl (C=O) groups excluding carboxylic acids is 2. The van der Waals surface area contributed by atoms with E-state index in [-0.39, 0.29) is 12.6 Å². The average molecular weight is 410 g/mol. The Morgan fingerprint density at radius 1 is 1.00 bits per heavy atom. The lowest BCUT2D eigenvalue weighted by molar-refractivity contribution is -0.144. The topological polar surface area (TPSA) is 65.1 Å². The van der Waals surface area contributed by atoms with Crippen LogP contribution in [-0.2, 0) is 20.9 Å². The number of thiocarbonyl (C=S) groups is 1. The first-order valence-corrected chi connectivity index (χ1v) is 9.61. The number of ether oxygens (including phenoxy) is 1. The number of likely N-dealkylation sites (N-methyl/N-ethyl adjacent to an activating group) is 2. The van der Waals surface area contributed by atoms with Crippen molar-refractivity contribution in [3.05, 3.63) is 71.8 Å². The molecular formula is C21H22N4O3S. The minimum atomic E-state index is -1.09. The Labute approximate surface area is 174 Å². The first-order valence-electron chi connectivity index (χ1n) is 9.20. The predicted molar refractivity (Wildman–Crippen MR) is 112 cm³/mol. The van der Waals surface area contributed by atoms with Crippen LogP contribution in [0.1, 0.15) is 11.1 Å². The SMILES string of the molecule is COC(=O)CN1C(=O)NC2(c3ccccc3)N(C)C(=S)N(C)C12c1ccccc1. The minimum absolute atomic E-state index is 0.216. The standard InChI is InChI=1S/C21H22N4O3S/c1-23-19(29)24(2)21(16-12-8-5-9-13-16)20(23,15-10-6-4-7-11-15)22-18(27)25(21)14-17(26)28-3/h4-13H,14H2,1-3H3,(H,22,27). The van der Waals surface area contributed by atoms with Gasteiger partial charge >= 0.3 is 12.0 Å². The number of urea groups is 1. The summed E-state index contributed by atoms with van der Waals surface area (Å²) in [5.74, 6) is -0.506. The van der Waals surface area contributed by atoms with E-state index in [9.17, 15) is 9.59 Å². The van der Waals surface area contributed by atoms with Crippen LogP contribution < -0.4 is 5.32 Å². The van der Waals surface area contributed by atoms with E-state index in [1.54, 1.807) is 0 Å². The minimum Gasteiger partial charge on any atom is -0.468 e. The highest BCUT2D eigenvalue weighted by Gasteiger charge is 2.74. The molecule has 0 spiro atoms. The highest BCUT2D eigenvalue weighted by atomic mass is 32.1. The van der Waals surface area contributed by atoms with E-state index in [1.165, 1.54) is 12.0 Å². The molecule has 0 saturated carbocycles. The Bertz CT molecular complexity index is 970. The van der Waals surface area contributed by atoms with E-state index in [1.807, 2.05) is 84.6 Å². The van der Waals surface area contributed by atoms with E-state index in [4.69, 9.17) is 17.0 Å². The van der Waals surface area contributed by atoms with Crippen molar-refractivity contribution in [3.63, 3.8) is 0 Å². The Balaban J connectivity index is 2.07. The molecule has 2 heterocycles. The van der Waals surface area contributed by atoms with Crippen molar-refractivity contribution in [2.24, 2.45) is 0 Å². The van der Waals surface area contributed by atoms with Crippen molar-refractivity contribution in [2.45, 2.75) is 11.3 Å². The van der Waals surface area contributed by atoms with Gasteiger partial charge < -0.3 is 19.9 Å². The summed E-state index contributed by atoms with van der Waals surface area (Å²) in [6, 6.07) is 18.9. The maximum atomic E-state index is 13.3. The molecule has 2 aliphatic rings. The van der Waals surface area contributed by atoms with E-state index in [2.05, 4.69) is 5.32 Å². The van der Waals surface area contributed by atoms with Crippen molar-refractivity contribution in [1.29, 1.82) is 0 Å². The molecule has 1 N–H and O–H groups in total. The Hall–Kier alpha value is -3.13. The molecule has 0 aromatic heterocycles. The Morgan fingerprint density at radius 2 is 1.55 bits per heavy atom. The van der Waals surface area contributed by atoms with Gasteiger partial charge in [-0.1, -0.05) is 60.7 Å². The van der Waals surface area contributed by atoms with E-state index < -0.39 is 17.3 Å². The zero-order valence-electron chi connectivity index (χ0n) is 16.5. The third-order valence-electron chi connectivity index (χ3n) is 5.87. The van der Waals surface area contributed by atoms with Gasteiger partial charge in [-0.3, -0.25) is 9.69 Å². The van der Waals surface area contributed by atoms with E-state index in [0.717, 1.165) is 11.1 Å². The second-order valence-electron chi connectivity index (χ2n) is 7.11. The summed E-state index contributed by atoms with van der Waals surface area (Å²) in [5, 5.41) is 3.70. The fourth-order valence-corrected chi connectivity index (χ4v) is 4.92. The molecule has 2 unspecified atom stereocenters. The van der Waals surface area contributed by atoms with Crippen molar-refractivity contribution >= 4 is 29.3 Å². The lowest BCUT2D eigenvalue weighted by atomic mass is 9.80. The maximum Gasteiger partial charge on any atom is 0.325 e. The van der Waals surface area contributed by atoms with Crippen molar-refractivity contribution < 1.29 is 14.3 Å². The number of nitrogens with zero attached hydrogens (tertiary/aromatic N) is 3. The smallest absolute Gasteiger partial charge is 0.325 e. The van der Waals surface area contributed by atoms with Crippen LogP contribution in [-0.4, -0.2) is 59.6 Å². The number of methoxy groups -OCH3 is 1. The molecule has 29 heavy (non-hydrogen) atoms. The summed E-state index contributed by atoms with van der Waals surface area (Å²) < 4.78 is 4.89. The van der Waals surface area contributed by atoms with Crippen LogP contribution in [0, 0.1) is 0 Å². The summed E-state index contributed by atoms with van der Waals surface area (Å²) in [7, 11) is 5.02. The molecule has 4 rings (SSSR count). The Kier molecular flexibility index (Phi) is 4.46. The molecule has 2 aromatic rings. The molecule has 2 amide bonds. The van der Waals surface area contributed by atoms with Gasteiger partial charge in [0.1, 0.15) is 6.54 Å². The molecule has 8 heteroatoms. The average Bonchev–Trinajstić information content (AvgIpc) is 3.11.